The molecule has 0 nitrogen and oxygen atoms in total. The molecule has 0 heterocycles. The van der Waals surface area contributed by atoms with E-state index in [2.05, 4.69) is 115 Å². The average Bonchev–Trinajstić information content (AvgIpc) is 2.41. The van der Waals surface area contributed by atoms with E-state index in [0.717, 1.165) is 17.9 Å². The summed E-state index contributed by atoms with van der Waals surface area (Å²) in [7, 11) is 0. The number of halogens is 4. The molecule has 0 aromatic heterocycles. The largest absolute Gasteiger partial charge is 0.0514 e. The van der Waals surface area contributed by atoms with E-state index in [-0.39, 0.29) is 0 Å². The second-order valence-corrected chi connectivity index (χ2v) is 8.42. The van der Waals surface area contributed by atoms with Crippen molar-refractivity contribution in [3.63, 3.8) is 0 Å². The molecular formula is C17H14Br4. The van der Waals surface area contributed by atoms with Gasteiger partial charge in [-0.3, -0.25) is 0 Å². The number of allylic oxidation sites excluding steroid dienone is 1. The quantitative estimate of drug-likeness (QED) is 0.341. The summed E-state index contributed by atoms with van der Waals surface area (Å²) >= 11 is 14.4. The maximum absolute atomic E-state index is 3.61. The molecule has 4 heteroatoms. The van der Waals surface area contributed by atoms with Crippen molar-refractivity contribution >= 4 is 75.4 Å². The van der Waals surface area contributed by atoms with Gasteiger partial charge < -0.3 is 0 Å². The Kier molecular flexibility index (Phi) is 5.91. The van der Waals surface area contributed by atoms with E-state index in [1.165, 1.54) is 27.8 Å². The molecule has 0 spiro atoms. The molecule has 2 aromatic rings. The summed E-state index contributed by atoms with van der Waals surface area (Å²) in [5.41, 5.74) is 6.02. The van der Waals surface area contributed by atoms with E-state index < -0.39 is 0 Å². The van der Waals surface area contributed by atoms with Crippen molar-refractivity contribution in [3.8, 4) is 0 Å². The summed E-state index contributed by atoms with van der Waals surface area (Å²) in [6.45, 7) is 6.30. The molecule has 0 aliphatic heterocycles. The molecule has 21 heavy (non-hydrogen) atoms. The van der Waals surface area contributed by atoms with Crippen molar-refractivity contribution in [2.75, 3.05) is 0 Å². The summed E-state index contributed by atoms with van der Waals surface area (Å²) in [5.74, 6) is 0. The van der Waals surface area contributed by atoms with Crippen LogP contribution in [0.25, 0.3) is 11.6 Å². The highest BCUT2D eigenvalue weighted by Gasteiger charge is 2.06. The predicted molar refractivity (Wildman–Crippen MR) is 107 cm³/mol. The van der Waals surface area contributed by atoms with Crippen LogP contribution in [0.1, 0.15) is 29.2 Å². The Labute approximate surface area is 159 Å². The van der Waals surface area contributed by atoms with E-state index in [4.69, 9.17) is 0 Å². The molecule has 2 rings (SSSR count). The van der Waals surface area contributed by atoms with Crippen molar-refractivity contribution in [2.45, 2.75) is 20.8 Å². The van der Waals surface area contributed by atoms with E-state index in [0.29, 0.717) is 0 Å². The van der Waals surface area contributed by atoms with Crippen molar-refractivity contribution in [1.82, 2.24) is 0 Å². The number of hydrogen-bond acceptors (Lipinski definition) is 0. The van der Waals surface area contributed by atoms with Gasteiger partial charge in [0.15, 0.2) is 0 Å². The molecule has 0 unspecified atom stereocenters. The van der Waals surface area contributed by atoms with E-state index in [1.807, 2.05) is 0 Å². The van der Waals surface area contributed by atoms with Gasteiger partial charge in [0.25, 0.3) is 0 Å². The van der Waals surface area contributed by atoms with Gasteiger partial charge in [-0.25, -0.2) is 0 Å². The van der Waals surface area contributed by atoms with Gasteiger partial charge in [0, 0.05) is 17.9 Å². The normalized spacial score (nSPS) is 11.9. The lowest BCUT2D eigenvalue weighted by atomic mass is 10.0. The maximum Gasteiger partial charge on any atom is 0.0221 e. The molecule has 0 bridgehead atoms. The third-order valence-electron chi connectivity index (χ3n) is 3.42. The first-order valence-electron chi connectivity index (χ1n) is 6.39. The highest BCUT2D eigenvalue weighted by Crippen LogP contribution is 2.32. The molecule has 0 N–H and O–H groups in total. The molecular weight excluding hydrogens is 524 g/mol. The summed E-state index contributed by atoms with van der Waals surface area (Å²) in [4.78, 5) is 0. The summed E-state index contributed by atoms with van der Waals surface area (Å²) in [6.07, 6.45) is 2.19. The Hall–Kier alpha value is 0.1000. The zero-order valence-corrected chi connectivity index (χ0v) is 18.2. The van der Waals surface area contributed by atoms with Crippen LogP contribution >= 0.6 is 63.7 Å². The number of benzene rings is 2. The summed E-state index contributed by atoms with van der Waals surface area (Å²) in [6, 6.07) is 8.60. The molecule has 0 aliphatic carbocycles. The van der Waals surface area contributed by atoms with Crippen molar-refractivity contribution in [2.24, 2.45) is 0 Å². The Balaban J connectivity index is 2.46. The van der Waals surface area contributed by atoms with Gasteiger partial charge in [0.1, 0.15) is 0 Å². The van der Waals surface area contributed by atoms with Crippen molar-refractivity contribution < 1.29 is 0 Å². The third-order valence-corrected chi connectivity index (χ3v) is 6.72. The van der Waals surface area contributed by atoms with Crippen LogP contribution < -0.4 is 0 Å². The zero-order valence-electron chi connectivity index (χ0n) is 11.9. The molecule has 0 saturated heterocycles. The fourth-order valence-electron chi connectivity index (χ4n) is 1.95. The minimum absolute atomic E-state index is 1.11. The maximum atomic E-state index is 3.61. The predicted octanol–water partition coefficient (Wildman–Crippen LogP) is 7.91. The molecule has 0 aliphatic rings. The molecule has 0 atom stereocenters. The van der Waals surface area contributed by atoms with Crippen LogP contribution in [0.2, 0.25) is 0 Å². The zero-order chi connectivity index (χ0) is 15.7. The molecule has 0 radical (unpaired) electrons. The van der Waals surface area contributed by atoms with E-state index in [9.17, 15) is 0 Å². The molecule has 0 fully saturated rings. The molecule has 110 valence electrons. The lowest BCUT2D eigenvalue weighted by Crippen LogP contribution is -1.86. The Morgan fingerprint density at radius 2 is 1.14 bits per heavy atom. The minimum atomic E-state index is 1.11. The van der Waals surface area contributed by atoms with Crippen LogP contribution in [0.4, 0.5) is 0 Å². The molecule has 0 amide bonds. The van der Waals surface area contributed by atoms with Crippen LogP contribution in [0.5, 0.6) is 0 Å². The van der Waals surface area contributed by atoms with E-state index in [1.54, 1.807) is 0 Å². The van der Waals surface area contributed by atoms with Crippen molar-refractivity contribution in [1.29, 1.82) is 0 Å². The molecule has 2 aromatic carbocycles. The van der Waals surface area contributed by atoms with Gasteiger partial charge in [-0.2, -0.15) is 0 Å². The second kappa shape index (κ2) is 7.12. The van der Waals surface area contributed by atoms with Gasteiger partial charge in [0.05, 0.1) is 0 Å². The molecule has 0 saturated carbocycles. The van der Waals surface area contributed by atoms with Crippen molar-refractivity contribution in [3.05, 3.63) is 64.4 Å². The van der Waals surface area contributed by atoms with Crippen LogP contribution in [0.15, 0.2) is 42.2 Å². The summed E-state index contributed by atoms with van der Waals surface area (Å²) < 4.78 is 4.46. The first-order chi connectivity index (χ1) is 9.79. The van der Waals surface area contributed by atoms with Gasteiger partial charge in [-0.15, -0.1) is 0 Å². The first kappa shape index (κ1) is 17.5. The number of hydrogen-bond donors (Lipinski definition) is 0. The first-order valence-corrected chi connectivity index (χ1v) is 9.56. The standard InChI is InChI=1S/C17H14Br4/c1-9(13-7-16(20)11(3)17(21)8-13)4-12-5-14(18)10(2)15(19)6-12/h4-8H,1-3H3. The lowest BCUT2D eigenvalue weighted by Gasteiger charge is -2.09. The Bertz CT molecular complexity index is 684. The van der Waals surface area contributed by atoms with Gasteiger partial charge in [0.2, 0.25) is 0 Å². The average molecular weight is 538 g/mol. The van der Waals surface area contributed by atoms with Gasteiger partial charge >= 0.3 is 0 Å². The Morgan fingerprint density at radius 3 is 1.57 bits per heavy atom. The third kappa shape index (κ3) is 4.10. The minimum Gasteiger partial charge on any atom is -0.0514 e. The van der Waals surface area contributed by atoms with E-state index >= 15 is 0 Å². The van der Waals surface area contributed by atoms with Crippen LogP contribution in [0, 0.1) is 13.8 Å². The van der Waals surface area contributed by atoms with Crippen LogP contribution in [-0.2, 0) is 0 Å². The van der Waals surface area contributed by atoms with Crippen LogP contribution in [-0.4, -0.2) is 0 Å². The SMILES string of the molecule is CC(=Cc1cc(Br)c(C)c(Br)c1)c1cc(Br)c(C)c(Br)c1. The van der Waals surface area contributed by atoms with Crippen LogP contribution in [0.3, 0.4) is 0 Å². The smallest absolute Gasteiger partial charge is 0.0221 e. The summed E-state index contributed by atoms with van der Waals surface area (Å²) in [5, 5.41) is 0. The highest BCUT2D eigenvalue weighted by atomic mass is 79.9. The number of rotatable bonds is 2. The Morgan fingerprint density at radius 1 is 0.762 bits per heavy atom. The lowest BCUT2D eigenvalue weighted by molar-refractivity contribution is 1.37. The highest BCUT2D eigenvalue weighted by molar-refractivity contribution is 9.11. The van der Waals surface area contributed by atoms with Gasteiger partial charge in [-0.1, -0.05) is 69.8 Å². The fraction of sp³-hybridized carbons (Fsp3) is 0.176. The topological polar surface area (TPSA) is 0 Å². The monoisotopic (exact) mass is 534 g/mol. The van der Waals surface area contributed by atoms with Gasteiger partial charge in [-0.05, 0) is 72.9 Å². The second-order valence-electron chi connectivity index (χ2n) is 5.00. The fourth-order valence-corrected chi connectivity index (χ4v) is 4.36.